The number of hydrogen-bond donors (Lipinski definition) is 2. The third-order valence-electron chi connectivity index (χ3n) is 2.49. The van der Waals surface area contributed by atoms with Crippen LogP contribution >= 0.6 is 11.6 Å². The van der Waals surface area contributed by atoms with Crippen molar-refractivity contribution >= 4 is 28.9 Å². The monoisotopic (exact) mass is 265 g/mol. The van der Waals surface area contributed by atoms with Crippen LogP contribution in [0.25, 0.3) is 0 Å². The first kappa shape index (κ1) is 12.4. The Kier molecular flexibility index (Phi) is 3.47. The first-order chi connectivity index (χ1) is 8.58. The Balaban J connectivity index is 2.14. The zero-order valence-corrected chi connectivity index (χ0v) is 10.4. The number of carbonyl (C=O) groups is 1. The van der Waals surface area contributed by atoms with Crippen molar-refractivity contribution in [2.45, 2.75) is 13.0 Å². The highest BCUT2D eigenvalue weighted by Gasteiger charge is 2.16. The quantitative estimate of drug-likeness (QED) is 0.828. The zero-order chi connectivity index (χ0) is 13.1. The molecular weight excluding hydrogens is 254 g/mol. The molecular formula is C11H12ClN5O. The minimum atomic E-state index is -0.481. The van der Waals surface area contributed by atoms with E-state index >= 15 is 0 Å². The lowest BCUT2D eigenvalue weighted by Crippen LogP contribution is -2.24. The molecule has 7 heteroatoms. The number of nitrogens with one attached hydrogen (secondary N) is 1. The van der Waals surface area contributed by atoms with Crippen LogP contribution in [0.3, 0.4) is 0 Å². The number of nitrogens with zero attached hydrogens (tertiary/aromatic N) is 3. The molecule has 0 spiro atoms. The topological polar surface area (TPSA) is 85.8 Å². The molecule has 0 saturated carbocycles. The fourth-order valence-electron chi connectivity index (χ4n) is 1.41. The largest absolute Gasteiger partial charge is 0.397 e. The second kappa shape index (κ2) is 5.05. The molecule has 1 aromatic carbocycles. The minimum Gasteiger partial charge on any atom is -0.397 e. The van der Waals surface area contributed by atoms with Crippen molar-refractivity contribution < 1.29 is 4.79 Å². The van der Waals surface area contributed by atoms with Crippen molar-refractivity contribution in [2.24, 2.45) is 0 Å². The highest BCUT2D eigenvalue weighted by atomic mass is 35.5. The third kappa shape index (κ3) is 2.60. The van der Waals surface area contributed by atoms with Crippen LogP contribution in [0.2, 0.25) is 5.02 Å². The summed E-state index contributed by atoms with van der Waals surface area (Å²) < 4.78 is 1.45. The van der Waals surface area contributed by atoms with Gasteiger partial charge < -0.3 is 11.1 Å². The lowest BCUT2D eigenvalue weighted by Gasteiger charge is -2.13. The van der Waals surface area contributed by atoms with Crippen molar-refractivity contribution in [3.8, 4) is 0 Å². The van der Waals surface area contributed by atoms with Gasteiger partial charge in [-0.1, -0.05) is 11.6 Å². The third-order valence-corrected chi connectivity index (χ3v) is 2.72. The predicted octanol–water partition coefficient (Wildman–Crippen LogP) is 1.71. The fraction of sp³-hybridized carbons (Fsp3) is 0.182. The molecule has 0 saturated heterocycles. The molecule has 94 valence electrons. The number of carbonyl (C=O) groups excluding carboxylic acids is 1. The van der Waals surface area contributed by atoms with Crippen LogP contribution in [-0.4, -0.2) is 20.7 Å². The number of halogens is 1. The molecule has 0 bridgehead atoms. The van der Waals surface area contributed by atoms with Gasteiger partial charge in [-0.2, -0.15) is 5.10 Å². The Hall–Kier alpha value is -2.08. The van der Waals surface area contributed by atoms with Gasteiger partial charge in [-0.25, -0.2) is 9.67 Å². The highest BCUT2D eigenvalue weighted by Crippen LogP contribution is 2.23. The van der Waals surface area contributed by atoms with Gasteiger partial charge in [0.2, 0.25) is 5.91 Å². The Morgan fingerprint density at radius 2 is 2.33 bits per heavy atom. The summed E-state index contributed by atoms with van der Waals surface area (Å²) in [6.45, 7) is 1.71. The number of benzene rings is 1. The molecule has 2 rings (SSSR count). The second-order valence-electron chi connectivity index (χ2n) is 3.77. The van der Waals surface area contributed by atoms with Crippen LogP contribution in [0.1, 0.15) is 13.0 Å². The molecule has 1 heterocycles. The molecule has 0 fully saturated rings. The number of aromatic nitrogens is 3. The molecule has 1 aromatic heterocycles. The summed E-state index contributed by atoms with van der Waals surface area (Å²) in [5.74, 6) is -0.241. The van der Waals surface area contributed by atoms with Crippen LogP contribution < -0.4 is 11.1 Å². The van der Waals surface area contributed by atoms with Gasteiger partial charge in [0.25, 0.3) is 0 Å². The second-order valence-corrected chi connectivity index (χ2v) is 4.21. The summed E-state index contributed by atoms with van der Waals surface area (Å²) in [5, 5.41) is 7.12. The Bertz CT molecular complexity index is 555. The fourth-order valence-corrected chi connectivity index (χ4v) is 1.58. The predicted molar refractivity (Wildman–Crippen MR) is 69.2 cm³/mol. The lowest BCUT2D eigenvalue weighted by atomic mass is 10.2. The van der Waals surface area contributed by atoms with Gasteiger partial charge in [-0.15, -0.1) is 0 Å². The normalized spacial score (nSPS) is 12.1. The maximum atomic E-state index is 12.0. The summed E-state index contributed by atoms with van der Waals surface area (Å²) in [6.07, 6.45) is 2.85. The standard InChI is InChI=1S/C11H12ClN5O/c1-7(17-6-14-5-15-17)11(18)16-10-4-8(12)2-3-9(10)13/h2-7H,13H2,1H3,(H,16,18). The minimum absolute atomic E-state index is 0.241. The van der Waals surface area contributed by atoms with E-state index in [9.17, 15) is 4.79 Å². The van der Waals surface area contributed by atoms with Gasteiger partial charge in [-0.05, 0) is 25.1 Å². The molecule has 6 nitrogen and oxygen atoms in total. The smallest absolute Gasteiger partial charge is 0.249 e. The van der Waals surface area contributed by atoms with E-state index in [0.29, 0.717) is 16.4 Å². The molecule has 1 amide bonds. The molecule has 2 aromatic rings. The van der Waals surface area contributed by atoms with Gasteiger partial charge in [0, 0.05) is 5.02 Å². The summed E-state index contributed by atoms with van der Waals surface area (Å²) in [7, 11) is 0. The Morgan fingerprint density at radius 3 is 3.00 bits per heavy atom. The molecule has 0 aliphatic heterocycles. The van der Waals surface area contributed by atoms with E-state index in [0.717, 1.165) is 0 Å². The average molecular weight is 266 g/mol. The van der Waals surface area contributed by atoms with E-state index < -0.39 is 6.04 Å². The summed E-state index contributed by atoms with van der Waals surface area (Å²) in [5.41, 5.74) is 6.69. The van der Waals surface area contributed by atoms with E-state index in [1.807, 2.05) is 0 Å². The van der Waals surface area contributed by atoms with E-state index in [1.165, 1.54) is 17.3 Å². The van der Waals surface area contributed by atoms with Crippen LogP contribution in [0, 0.1) is 0 Å². The summed E-state index contributed by atoms with van der Waals surface area (Å²) in [6, 6.07) is 4.42. The van der Waals surface area contributed by atoms with Crippen LogP contribution in [0.15, 0.2) is 30.9 Å². The number of nitrogen functional groups attached to an aromatic ring is 1. The van der Waals surface area contributed by atoms with Crippen LogP contribution in [0.4, 0.5) is 11.4 Å². The molecule has 0 radical (unpaired) electrons. The van der Waals surface area contributed by atoms with E-state index in [-0.39, 0.29) is 5.91 Å². The molecule has 0 aliphatic rings. The van der Waals surface area contributed by atoms with Gasteiger partial charge >= 0.3 is 0 Å². The van der Waals surface area contributed by atoms with Crippen molar-refractivity contribution in [1.29, 1.82) is 0 Å². The zero-order valence-electron chi connectivity index (χ0n) is 9.67. The van der Waals surface area contributed by atoms with E-state index in [4.69, 9.17) is 17.3 Å². The molecule has 3 N–H and O–H groups in total. The van der Waals surface area contributed by atoms with Crippen molar-refractivity contribution in [3.63, 3.8) is 0 Å². The number of nitrogens with two attached hydrogens (primary N) is 1. The Morgan fingerprint density at radius 1 is 1.56 bits per heavy atom. The first-order valence-electron chi connectivity index (χ1n) is 5.28. The van der Waals surface area contributed by atoms with Crippen molar-refractivity contribution in [3.05, 3.63) is 35.9 Å². The highest BCUT2D eigenvalue weighted by molar-refractivity contribution is 6.31. The molecule has 0 aliphatic carbocycles. The first-order valence-corrected chi connectivity index (χ1v) is 5.65. The Labute approximate surface area is 109 Å². The summed E-state index contributed by atoms with van der Waals surface area (Å²) in [4.78, 5) is 15.8. The number of hydrogen-bond acceptors (Lipinski definition) is 4. The maximum absolute atomic E-state index is 12.0. The van der Waals surface area contributed by atoms with E-state index in [2.05, 4.69) is 15.4 Å². The van der Waals surface area contributed by atoms with Gasteiger partial charge in [-0.3, -0.25) is 4.79 Å². The molecule has 1 atom stereocenters. The SMILES string of the molecule is CC(C(=O)Nc1cc(Cl)ccc1N)n1cncn1. The number of anilines is 2. The van der Waals surface area contributed by atoms with Crippen LogP contribution in [0.5, 0.6) is 0 Å². The van der Waals surface area contributed by atoms with Gasteiger partial charge in [0.05, 0.1) is 11.4 Å². The van der Waals surface area contributed by atoms with Crippen molar-refractivity contribution in [1.82, 2.24) is 14.8 Å². The molecule has 18 heavy (non-hydrogen) atoms. The van der Waals surface area contributed by atoms with Gasteiger partial charge in [0.1, 0.15) is 18.7 Å². The van der Waals surface area contributed by atoms with E-state index in [1.54, 1.807) is 25.1 Å². The molecule has 1 unspecified atom stereocenters. The lowest BCUT2D eigenvalue weighted by molar-refractivity contribution is -0.119. The van der Waals surface area contributed by atoms with Crippen molar-refractivity contribution in [2.75, 3.05) is 11.1 Å². The average Bonchev–Trinajstić information content (AvgIpc) is 2.86. The number of amides is 1. The summed E-state index contributed by atoms with van der Waals surface area (Å²) >= 11 is 5.84. The van der Waals surface area contributed by atoms with Crippen LogP contribution in [-0.2, 0) is 4.79 Å². The maximum Gasteiger partial charge on any atom is 0.249 e. The number of rotatable bonds is 3. The van der Waals surface area contributed by atoms with Gasteiger partial charge in [0.15, 0.2) is 0 Å².